The Kier molecular flexibility index (Phi) is 8.83. The van der Waals surface area contributed by atoms with Crippen LogP contribution in [0.3, 0.4) is 0 Å². The monoisotopic (exact) mass is 299 g/mol. The van der Waals surface area contributed by atoms with Crippen molar-refractivity contribution >= 4 is 22.4 Å². The van der Waals surface area contributed by atoms with Crippen LogP contribution >= 0.6 is 16.5 Å². The van der Waals surface area contributed by atoms with Crippen LogP contribution in [0.5, 0.6) is 0 Å². The predicted molar refractivity (Wildman–Crippen MR) is 62.9 cm³/mol. The molecule has 0 aromatic rings. The summed E-state index contributed by atoms with van der Waals surface area (Å²) >= 11 is 0. The molecule has 8 nitrogen and oxygen atoms in total. The van der Waals surface area contributed by atoms with Crippen LogP contribution in [0, 0.1) is 0 Å². The van der Waals surface area contributed by atoms with Crippen molar-refractivity contribution in [3.63, 3.8) is 0 Å². The third kappa shape index (κ3) is 8.36. The van der Waals surface area contributed by atoms with Gasteiger partial charge in [0.1, 0.15) is 13.2 Å². The zero-order valence-corrected chi connectivity index (χ0v) is 11.6. The summed E-state index contributed by atoms with van der Waals surface area (Å²) in [5, 5.41) is 0. The van der Waals surface area contributed by atoms with E-state index in [1.807, 2.05) is 0 Å². The van der Waals surface area contributed by atoms with Gasteiger partial charge in [-0.25, -0.2) is 0 Å². The fourth-order valence-corrected chi connectivity index (χ4v) is 1.52. The molecular weight excluding hydrogens is 284 g/mol. The lowest BCUT2D eigenvalue weighted by Crippen LogP contribution is -2.36. The number of nitrogens with zero attached hydrogens (tertiary/aromatic N) is 1. The van der Waals surface area contributed by atoms with Crippen LogP contribution in [0.25, 0.3) is 0 Å². The molecule has 0 saturated heterocycles. The molecule has 2 N–H and O–H groups in total. The lowest BCUT2D eigenvalue weighted by atomic mass is 10.3. The van der Waals surface area contributed by atoms with Gasteiger partial charge in [-0.1, -0.05) is 6.58 Å². The van der Waals surface area contributed by atoms with Gasteiger partial charge in [-0.15, -0.1) is 18.8 Å². The van der Waals surface area contributed by atoms with Gasteiger partial charge in [0.05, 0.1) is 0 Å². The molecule has 18 heavy (non-hydrogen) atoms. The van der Waals surface area contributed by atoms with E-state index in [9.17, 15) is 13.9 Å². The normalized spacial score (nSPS) is 11.9. The Hall–Kier alpha value is -0.750. The number of amides is 1. The van der Waals surface area contributed by atoms with Gasteiger partial charge in [-0.05, 0) is 6.92 Å². The summed E-state index contributed by atoms with van der Waals surface area (Å²) in [7, 11) is -5.43. The summed E-state index contributed by atoms with van der Waals surface area (Å²) in [5.41, 5.74) is 0.275. The van der Waals surface area contributed by atoms with Crippen LogP contribution in [0.2, 0.25) is 0 Å². The number of rotatable bonds is 9. The Morgan fingerprint density at radius 2 is 1.56 bits per heavy atom. The number of carbonyl (C=O) groups excluding carboxylic acids is 1. The molecule has 0 aliphatic heterocycles. The maximum Gasteiger partial charge on any atom is 0.694 e. The van der Waals surface area contributed by atoms with Crippen molar-refractivity contribution in [1.29, 1.82) is 0 Å². The first kappa shape index (κ1) is 17.2. The van der Waals surface area contributed by atoms with E-state index in [-0.39, 0.29) is 37.8 Å². The van der Waals surface area contributed by atoms with Crippen molar-refractivity contribution < 1.29 is 32.8 Å². The van der Waals surface area contributed by atoms with Crippen LogP contribution in [-0.4, -0.2) is 46.9 Å². The smallest absolute Gasteiger partial charge is 0.334 e. The zero-order valence-electron chi connectivity index (χ0n) is 9.81. The largest absolute Gasteiger partial charge is 0.694 e. The quantitative estimate of drug-likeness (QED) is 0.476. The second kappa shape index (κ2) is 9.22. The van der Waals surface area contributed by atoms with Crippen molar-refractivity contribution in [3.8, 4) is 0 Å². The SMILES string of the molecule is C=C(C)C(=O)N(CCO[P+](=O)O)CCO[P+](=O)O. The molecule has 0 saturated carbocycles. The minimum atomic E-state index is -2.72. The van der Waals surface area contributed by atoms with Crippen LogP contribution in [-0.2, 0) is 23.0 Å². The van der Waals surface area contributed by atoms with E-state index >= 15 is 0 Å². The molecule has 102 valence electrons. The lowest BCUT2D eigenvalue weighted by Gasteiger charge is -2.20. The van der Waals surface area contributed by atoms with Crippen molar-refractivity contribution in [2.45, 2.75) is 6.92 Å². The summed E-state index contributed by atoms with van der Waals surface area (Å²) < 4.78 is 29.4. The second-order valence-corrected chi connectivity index (χ2v) is 4.68. The Bertz CT molecular complexity index is 326. The van der Waals surface area contributed by atoms with Crippen LogP contribution in [0.1, 0.15) is 6.92 Å². The maximum absolute atomic E-state index is 11.6. The fourth-order valence-electron chi connectivity index (χ4n) is 1.04. The molecule has 2 atom stereocenters. The highest BCUT2D eigenvalue weighted by Crippen LogP contribution is 2.15. The molecule has 0 radical (unpaired) electrons. The first-order valence-corrected chi connectivity index (χ1v) is 7.13. The standard InChI is InChI=1S/C8H13NO7P2/c1-7(2)8(10)9(3-5-15-17(11)12)4-6-16-18(13)14/h1,3-6H2,2H3/p+2. The van der Waals surface area contributed by atoms with Crippen molar-refractivity contribution in [2.75, 3.05) is 26.3 Å². The van der Waals surface area contributed by atoms with E-state index < -0.39 is 16.5 Å². The molecule has 0 heterocycles. The molecule has 0 aromatic carbocycles. The molecule has 0 fully saturated rings. The lowest BCUT2D eigenvalue weighted by molar-refractivity contribution is -0.127. The zero-order chi connectivity index (χ0) is 14.1. The second-order valence-electron chi connectivity index (χ2n) is 3.21. The highest BCUT2D eigenvalue weighted by atomic mass is 31.1. The minimum absolute atomic E-state index is 0.0545. The van der Waals surface area contributed by atoms with Gasteiger partial charge < -0.3 is 4.90 Å². The number of hydrogen-bond acceptors (Lipinski definition) is 5. The Labute approximate surface area is 106 Å². The van der Waals surface area contributed by atoms with E-state index in [0.717, 1.165) is 0 Å². The summed E-state index contributed by atoms with van der Waals surface area (Å²) in [6.45, 7) is 4.84. The first-order chi connectivity index (χ1) is 8.34. The Morgan fingerprint density at radius 1 is 1.17 bits per heavy atom. The van der Waals surface area contributed by atoms with Gasteiger partial charge in [-0.2, -0.15) is 0 Å². The molecule has 0 aromatic heterocycles. The molecule has 2 unspecified atom stereocenters. The molecule has 0 rings (SSSR count). The summed E-state index contributed by atoms with van der Waals surface area (Å²) in [6, 6.07) is 0. The highest BCUT2D eigenvalue weighted by Gasteiger charge is 2.20. The van der Waals surface area contributed by atoms with Crippen LogP contribution in [0.15, 0.2) is 12.2 Å². The third-order valence-electron chi connectivity index (χ3n) is 1.78. The van der Waals surface area contributed by atoms with Crippen molar-refractivity contribution in [2.24, 2.45) is 0 Å². The van der Waals surface area contributed by atoms with Gasteiger partial charge in [-0.3, -0.25) is 4.79 Å². The average molecular weight is 299 g/mol. The predicted octanol–water partition coefficient (Wildman–Crippen LogP) is 0.724. The molecule has 1 amide bonds. The van der Waals surface area contributed by atoms with Gasteiger partial charge in [0, 0.05) is 27.8 Å². The number of hydrogen-bond donors (Lipinski definition) is 2. The van der Waals surface area contributed by atoms with E-state index in [1.165, 1.54) is 11.8 Å². The van der Waals surface area contributed by atoms with Gasteiger partial charge in [0.2, 0.25) is 5.91 Å². The molecule has 0 aliphatic rings. The van der Waals surface area contributed by atoms with E-state index in [1.54, 1.807) is 0 Å². The minimum Gasteiger partial charge on any atom is -0.334 e. The van der Waals surface area contributed by atoms with Crippen LogP contribution in [0.4, 0.5) is 0 Å². The van der Waals surface area contributed by atoms with E-state index in [4.69, 9.17) is 9.79 Å². The molecule has 0 bridgehead atoms. The van der Waals surface area contributed by atoms with Crippen molar-refractivity contribution in [3.05, 3.63) is 12.2 Å². The number of carbonyl (C=O) groups is 1. The average Bonchev–Trinajstić information content (AvgIpc) is 2.25. The Morgan fingerprint density at radius 3 is 1.83 bits per heavy atom. The molecule has 10 heteroatoms. The summed E-state index contributed by atoms with van der Waals surface area (Å²) in [4.78, 5) is 29.8. The van der Waals surface area contributed by atoms with E-state index in [0.29, 0.717) is 0 Å². The van der Waals surface area contributed by atoms with Gasteiger partial charge >= 0.3 is 16.5 Å². The summed E-state index contributed by atoms with van der Waals surface area (Å²) in [6.07, 6.45) is 0. The maximum atomic E-state index is 11.6. The van der Waals surface area contributed by atoms with Gasteiger partial charge in [0.15, 0.2) is 0 Å². The highest BCUT2D eigenvalue weighted by molar-refractivity contribution is 7.32. The topological polar surface area (TPSA) is 113 Å². The third-order valence-corrected chi connectivity index (χ3v) is 2.59. The summed E-state index contributed by atoms with van der Waals surface area (Å²) in [5.74, 6) is -0.386. The Balaban J connectivity index is 4.24. The van der Waals surface area contributed by atoms with E-state index in [2.05, 4.69) is 15.6 Å². The first-order valence-electron chi connectivity index (χ1n) is 4.87. The molecular formula is C8H15NO7P2+2. The van der Waals surface area contributed by atoms with Gasteiger partial charge in [0.25, 0.3) is 0 Å². The van der Waals surface area contributed by atoms with Crippen molar-refractivity contribution in [1.82, 2.24) is 4.90 Å². The fraction of sp³-hybridized carbons (Fsp3) is 0.625. The molecule has 0 aliphatic carbocycles. The van der Waals surface area contributed by atoms with Crippen LogP contribution < -0.4 is 0 Å². The molecule has 0 spiro atoms.